The summed E-state index contributed by atoms with van der Waals surface area (Å²) in [6, 6.07) is 9.12. The second kappa shape index (κ2) is 5.61. The quantitative estimate of drug-likeness (QED) is 0.895. The number of rotatable bonds is 4. The van der Waals surface area contributed by atoms with E-state index in [0.29, 0.717) is 11.4 Å². The molecule has 0 fully saturated rings. The third-order valence-electron chi connectivity index (χ3n) is 2.91. The monoisotopic (exact) mass is 275 g/mol. The van der Waals surface area contributed by atoms with Gasteiger partial charge < -0.3 is 15.2 Å². The summed E-state index contributed by atoms with van der Waals surface area (Å²) < 4.78 is 18.9. The van der Waals surface area contributed by atoms with Crippen molar-refractivity contribution < 1.29 is 19.0 Å². The van der Waals surface area contributed by atoms with E-state index in [0.717, 1.165) is 5.56 Å². The molecule has 2 N–H and O–H groups in total. The first-order valence-electron chi connectivity index (χ1n) is 5.96. The van der Waals surface area contributed by atoms with Crippen molar-refractivity contribution in [3.63, 3.8) is 0 Å². The molecular formula is C15H14FNO3. The summed E-state index contributed by atoms with van der Waals surface area (Å²) in [6.07, 6.45) is 0. The summed E-state index contributed by atoms with van der Waals surface area (Å²) in [4.78, 5) is 11.1. The van der Waals surface area contributed by atoms with E-state index >= 15 is 0 Å². The normalized spacial score (nSPS) is 10.2. The first-order valence-corrected chi connectivity index (χ1v) is 5.96. The number of benzene rings is 2. The zero-order valence-corrected chi connectivity index (χ0v) is 11.1. The molecule has 2 rings (SSSR count). The van der Waals surface area contributed by atoms with Crippen molar-refractivity contribution in [3.8, 4) is 5.75 Å². The molecule has 20 heavy (non-hydrogen) atoms. The predicted octanol–water partition coefficient (Wildman–Crippen LogP) is 3.58. The number of hydrogen-bond donors (Lipinski definition) is 2. The molecule has 0 aromatic heterocycles. The zero-order chi connectivity index (χ0) is 14.7. The topological polar surface area (TPSA) is 58.6 Å². The highest BCUT2D eigenvalue weighted by atomic mass is 19.1. The van der Waals surface area contributed by atoms with E-state index in [-0.39, 0.29) is 11.3 Å². The fourth-order valence-electron chi connectivity index (χ4n) is 1.93. The molecule has 0 radical (unpaired) electrons. The van der Waals surface area contributed by atoms with Crippen LogP contribution >= 0.6 is 0 Å². The number of halogens is 1. The maximum Gasteiger partial charge on any atom is 0.337 e. The van der Waals surface area contributed by atoms with Crippen LogP contribution in [0.4, 0.5) is 15.8 Å². The molecular weight excluding hydrogens is 261 g/mol. The van der Waals surface area contributed by atoms with Gasteiger partial charge in [0, 0.05) is 5.69 Å². The van der Waals surface area contributed by atoms with Gasteiger partial charge in [-0.05, 0) is 42.8 Å². The molecule has 0 saturated carbocycles. The molecule has 0 atom stereocenters. The van der Waals surface area contributed by atoms with Crippen molar-refractivity contribution in [1.29, 1.82) is 0 Å². The second-order valence-electron chi connectivity index (χ2n) is 4.28. The second-order valence-corrected chi connectivity index (χ2v) is 4.28. The molecule has 2 aromatic rings. The Labute approximate surface area is 115 Å². The maximum absolute atomic E-state index is 13.8. The van der Waals surface area contributed by atoms with Crippen LogP contribution in [0.15, 0.2) is 36.4 Å². The minimum absolute atomic E-state index is 0.0513. The van der Waals surface area contributed by atoms with Crippen LogP contribution in [0.2, 0.25) is 0 Å². The van der Waals surface area contributed by atoms with Gasteiger partial charge in [0.15, 0.2) is 0 Å². The number of aromatic carboxylic acids is 1. The molecule has 0 unspecified atom stereocenters. The summed E-state index contributed by atoms with van der Waals surface area (Å²) in [7, 11) is 1.56. The van der Waals surface area contributed by atoms with Crippen molar-refractivity contribution in [2.45, 2.75) is 6.92 Å². The summed E-state index contributed by atoms with van der Waals surface area (Å²) in [5, 5.41) is 11.9. The average Bonchev–Trinajstić information content (AvgIpc) is 2.41. The smallest absolute Gasteiger partial charge is 0.337 e. The van der Waals surface area contributed by atoms with Gasteiger partial charge in [-0.2, -0.15) is 0 Å². The summed E-state index contributed by atoms with van der Waals surface area (Å²) in [5.41, 5.74) is 1.30. The highest BCUT2D eigenvalue weighted by Gasteiger charge is 2.14. The minimum atomic E-state index is -1.18. The van der Waals surface area contributed by atoms with E-state index in [1.54, 1.807) is 25.3 Å². The van der Waals surface area contributed by atoms with Gasteiger partial charge in [-0.25, -0.2) is 9.18 Å². The number of hydrogen-bond acceptors (Lipinski definition) is 3. The molecule has 0 heterocycles. The average molecular weight is 275 g/mol. The minimum Gasteiger partial charge on any atom is -0.496 e. The lowest BCUT2D eigenvalue weighted by atomic mass is 10.1. The van der Waals surface area contributed by atoms with Crippen LogP contribution in [0.1, 0.15) is 15.9 Å². The number of ether oxygens (including phenoxy) is 1. The number of para-hydroxylation sites is 1. The number of carbonyl (C=O) groups is 1. The van der Waals surface area contributed by atoms with E-state index in [2.05, 4.69) is 5.32 Å². The lowest BCUT2D eigenvalue weighted by Gasteiger charge is -2.12. The Morgan fingerprint density at radius 2 is 2.05 bits per heavy atom. The Balaban J connectivity index is 2.39. The standard InChI is InChI=1S/C15H14FNO3/c1-9-8-10(6-7-13(9)20-2)17-14-11(15(18)19)4-3-5-12(14)16/h3-8,17H,1-2H3,(H,18,19). The van der Waals surface area contributed by atoms with Crippen molar-refractivity contribution >= 4 is 17.3 Å². The molecule has 2 aromatic carbocycles. The third-order valence-corrected chi connectivity index (χ3v) is 2.91. The lowest BCUT2D eigenvalue weighted by Crippen LogP contribution is -2.05. The van der Waals surface area contributed by atoms with Gasteiger partial charge in [-0.1, -0.05) is 6.07 Å². The van der Waals surface area contributed by atoms with Gasteiger partial charge in [-0.3, -0.25) is 0 Å². The summed E-state index contributed by atoms with van der Waals surface area (Å²) >= 11 is 0. The fraction of sp³-hybridized carbons (Fsp3) is 0.133. The number of nitrogens with one attached hydrogen (secondary N) is 1. The number of methoxy groups -OCH3 is 1. The predicted molar refractivity (Wildman–Crippen MR) is 74.4 cm³/mol. The Kier molecular flexibility index (Phi) is 3.89. The molecule has 5 heteroatoms. The zero-order valence-electron chi connectivity index (χ0n) is 11.1. The van der Waals surface area contributed by atoms with Crippen molar-refractivity contribution in [1.82, 2.24) is 0 Å². The van der Waals surface area contributed by atoms with E-state index in [4.69, 9.17) is 9.84 Å². The molecule has 0 aliphatic heterocycles. The van der Waals surface area contributed by atoms with Gasteiger partial charge in [0.1, 0.15) is 11.6 Å². The van der Waals surface area contributed by atoms with Crippen LogP contribution in [-0.2, 0) is 0 Å². The van der Waals surface area contributed by atoms with Crippen LogP contribution in [-0.4, -0.2) is 18.2 Å². The van der Waals surface area contributed by atoms with Gasteiger partial charge in [0.25, 0.3) is 0 Å². The van der Waals surface area contributed by atoms with Gasteiger partial charge in [-0.15, -0.1) is 0 Å². The Bertz CT molecular complexity index is 656. The van der Waals surface area contributed by atoms with Crippen molar-refractivity contribution in [2.75, 3.05) is 12.4 Å². The molecule has 0 bridgehead atoms. The van der Waals surface area contributed by atoms with Crippen LogP contribution in [0, 0.1) is 12.7 Å². The number of anilines is 2. The van der Waals surface area contributed by atoms with Crippen molar-refractivity contribution in [2.24, 2.45) is 0 Å². The van der Waals surface area contributed by atoms with E-state index in [1.165, 1.54) is 18.2 Å². The van der Waals surface area contributed by atoms with E-state index in [9.17, 15) is 9.18 Å². The Hall–Kier alpha value is -2.56. The Morgan fingerprint density at radius 1 is 1.30 bits per heavy atom. The molecule has 0 spiro atoms. The van der Waals surface area contributed by atoms with Gasteiger partial charge in [0.05, 0.1) is 18.4 Å². The summed E-state index contributed by atoms with van der Waals surface area (Å²) in [5.74, 6) is -1.09. The number of carboxylic acids is 1. The molecule has 0 amide bonds. The van der Waals surface area contributed by atoms with Crippen molar-refractivity contribution in [3.05, 3.63) is 53.3 Å². The molecule has 0 aliphatic carbocycles. The molecule has 0 saturated heterocycles. The first kappa shape index (κ1) is 13.9. The largest absolute Gasteiger partial charge is 0.496 e. The van der Waals surface area contributed by atoms with Crippen LogP contribution in [0.5, 0.6) is 5.75 Å². The SMILES string of the molecule is COc1ccc(Nc2c(F)cccc2C(=O)O)cc1C. The van der Waals surface area contributed by atoms with E-state index in [1.807, 2.05) is 6.92 Å². The molecule has 0 aliphatic rings. The molecule has 104 valence electrons. The lowest BCUT2D eigenvalue weighted by molar-refractivity contribution is 0.0697. The fourth-order valence-corrected chi connectivity index (χ4v) is 1.93. The molecule has 4 nitrogen and oxygen atoms in total. The third kappa shape index (κ3) is 2.71. The number of aryl methyl sites for hydroxylation is 1. The maximum atomic E-state index is 13.8. The van der Waals surface area contributed by atoms with E-state index < -0.39 is 11.8 Å². The first-order chi connectivity index (χ1) is 9.52. The van der Waals surface area contributed by atoms with Crippen LogP contribution in [0.3, 0.4) is 0 Å². The highest BCUT2D eigenvalue weighted by molar-refractivity contribution is 5.95. The highest BCUT2D eigenvalue weighted by Crippen LogP contribution is 2.27. The number of carboxylic acid groups (broad SMARTS) is 1. The Morgan fingerprint density at radius 3 is 2.65 bits per heavy atom. The van der Waals surface area contributed by atoms with Gasteiger partial charge in [0.2, 0.25) is 0 Å². The van der Waals surface area contributed by atoms with Crippen LogP contribution in [0.25, 0.3) is 0 Å². The summed E-state index contributed by atoms with van der Waals surface area (Å²) in [6.45, 7) is 1.85. The van der Waals surface area contributed by atoms with Crippen LogP contribution < -0.4 is 10.1 Å². The van der Waals surface area contributed by atoms with Gasteiger partial charge >= 0.3 is 5.97 Å².